The van der Waals surface area contributed by atoms with E-state index in [4.69, 9.17) is 12.3 Å². The third-order valence-corrected chi connectivity index (χ3v) is 1.83. The number of anilines is 1. The topological polar surface area (TPSA) is 30.4 Å². The Kier molecular flexibility index (Phi) is 1.93. The van der Waals surface area contributed by atoms with E-state index >= 15 is 0 Å². The average Bonchev–Trinajstić information content (AvgIpc) is 1.95. The van der Waals surface area contributed by atoms with E-state index in [1.165, 1.54) is 0 Å². The molecule has 0 amide bonds. The Balaban J connectivity index is 3.20. The summed E-state index contributed by atoms with van der Waals surface area (Å²) in [6.45, 7) is 6.66. The number of halogens is 1. The molecule has 50 valence electrons. The van der Waals surface area contributed by atoms with Crippen LogP contribution < -0.4 is 5.73 Å². The second-order valence-electron chi connectivity index (χ2n) is 1.82. The van der Waals surface area contributed by atoms with Gasteiger partial charge in [-0.3, -0.25) is 0 Å². The van der Waals surface area contributed by atoms with Crippen molar-refractivity contribution in [1.29, 1.82) is 0 Å². The standard InChI is InChI=1S/C7H5BrN2/c1-10-5-2-3-6(8)7(9)4-5/h2-4H,9H2. The van der Waals surface area contributed by atoms with Crippen LogP contribution in [0.25, 0.3) is 4.85 Å². The summed E-state index contributed by atoms with van der Waals surface area (Å²) >= 11 is 3.23. The molecule has 0 aliphatic rings. The maximum Gasteiger partial charge on any atom is 0.189 e. The van der Waals surface area contributed by atoms with Crippen LogP contribution in [-0.2, 0) is 0 Å². The molecular formula is C7H5BrN2. The molecule has 2 N–H and O–H groups in total. The predicted molar refractivity (Wildman–Crippen MR) is 44.8 cm³/mol. The van der Waals surface area contributed by atoms with Crippen LogP contribution in [0.3, 0.4) is 0 Å². The molecule has 0 spiro atoms. The lowest BCUT2D eigenvalue weighted by atomic mass is 10.3. The summed E-state index contributed by atoms with van der Waals surface area (Å²) in [7, 11) is 0. The van der Waals surface area contributed by atoms with Crippen LogP contribution in [0.5, 0.6) is 0 Å². The summed E-state index contributed by atoms with van der Waals surface area (Å²) in [5.41, 5.74) is 6.68. The highest BCUT2D eigenvalue weighted by Crippen LogP contribution is 2.24. The number of rotatable bonds is 0. The molecule has 0 bridgehead atoms. The van der Waals surface area contributed by atoms with Gasteiger partial charge in [-0.2, -0.15) is 0 Å². The zero-order valence-electron chi connectivity index (χ0n) is 5.13. The normalized spacial score (nSPS) is 8.80. The van der Waals surface area contributed by atoms with Crippen LogP contribution in [0.2, 0.25) is 0 Å². The fourth-order valence-electron chi connectivity index (χ4n) is 0.601. The van der Waals surface area contributed by atoms with Gasteiger partial charge in [-0.15, -0.1) is 0 Å². The molecule has 1 rings (SSSR count). The van der Waals surface area contributed by atoms with E-state index in [1.54, 1.807) is 18.2 Å². The Hall–Kier alpha value is -1.01. The van der Waals surface area contributed by atoms with Gasteiger partial charge < -0.3 is 5.73 Å². The molecule has 0 aromatic heterocycles. The minimum absolute atomic E-state index is 0.570. The van der Waals surface area contributed by atoms with Gasteiger partial charge in [-0.25, -0.2) is 4.85 Å². The lowest BCUT2D eigenvalue weighted by Crippen LogP contribution is -1.83. The van der Waals surface area contributed by atoms with E-state index in [2.05, 4.69) is 20.8 Å². The summed E-state index contributed by atoms with van der Waals surface area (Å²) in [5.74, 6) is 0. The van der Waals surface area contributed by atoms with Crippen molar-refractivity contribution < 1.29 is 0 Å². The van der Waals surface area contributed by atoms with Crippen molar-refractivity contribution >= 4 is 27.3 Å². The Morgan fingerprint density at radius 2 is 2.20 bits per heavy atom. The second kappa shape index (κ2) is 2.72. The smallest absolute Gasteiger partial charge is 0.189 e. The molecule has 0 aliphatic heterocycles. The third-order valence-electron chi connectivity index (χ3n) is 1.11. The zero-order valence-corrected chi connectivity index (χ0v) is 6.72. The molecule has 3 heteroatoms. The molecular weight excluding hydrogens is 192 g/mol. The highest BCUT2D eigenvalue weighted by atomic mass is 79.9. The Bertz CT molecular complexity index is 288. The molecule has 1 aromatic rings. The lowest BCUT2D eigenvalue weighted by molar-refractivity contribution is 1.64. The van der Waals surface area contributed by atoms with Crippen LogP contribution in [-0.4, -0.2) is 0 Å². The van der Waals surface area contributed by atoms with E-state index in [9.17, 15) is 0 Å². The van der Waals surface area contributed by atoms with Gasteiger partial charge in [0.05, 0.1) is 6.57 Å². The number of benzene rings is 1. The average molecular weight is 197 g/mol. The summed E-state index contributed by atoms with van der Waals surface area (Å²) in [6.07, 6.45) is 0. The molecule has 1 aromatic carbocycles. The van der Waals surface area contributed by atoms with E-state index in [-0.39, 0.29) is 0 Å². The quantitative estimate of drug-likeness (QED) is 0.502. The highest BCUT2D eigenvalue weighted by Gasteiger charge is 1.94. The largest absolute Gasteiger partial charge is 0.399 e. The first-order valence-electron chi connectivity index (χ1n) is 2.66. The summed E-state index contributed by atoms with van der Waals surface area (Å²) < 4.78 is 0.833. The van der Waals surface area contributed by atoms with Gasteiger partial charge in [-0.05, 0) is 22.0 Å². The molecule has 0 unspecified atom stereocenters. The highest BCUT2D eigenvalue weighted by molar-refractivity contribution is 9.10. The molecule has 0 atom stereocenters. The minimum atomic E-state index is 0.570. The molecule has 0 saturated carbocycles. The summed E-state index contributed by atoms with van der Waals surface area (Å²) in [4.78, 5) is 3.22. The molecule has 10 heavy (non-hydrogen) atoms. The monoisotopic (exact) mass is 196 g/mol. The number of nitrogen functional groups attached to an aromatic ring is 1. The van der Waals surface area contributed by atoms with Gasteiger partial charge in [-0.1, -0.05) is 12.1 Å². The van der Waals surface area contributed by atoms with Crippen LogP contribution in [0, 0.1) is 6.57 Å². The van der Waals surface area contributed by atoms with Crippen molar-refractivity contribution in [3.63, 3.8) is 0 Å². The van der Waals surface area contributed by atoms with Gasteiger partial charge >= 0.3 is 0 Å². The van der Waals surface area contributed by atoms with Crippen LogP contribution >= 0.6 is 15.9 Å². The van der Waals surface area contributed by atoms with E-state index < -0.39 is 0 Å². The van der Waals surface area contributed by atoms with Crippen molar-refractivity contribution in [1.82, 2.24) is 0 Å². The Morgan fingerprint density at radius 1 is 1.50 bits per heavy atom. The van der Waals surface area contributed by atoms with Crippen LogP contribution in [0.1, 0.15) is 0 Å². The lowest BCUT2D eigenvalue weighted by Gasteiger charge is -1.95. The van der Waals surface area contributed by atoms with Crippen molar-refractivity contribution in [2.45, 2.75) is 0 Å². The summed E-state index contributed by atoms with van der Waals surface area (Å²) in [6, 6.07) is 5.12. The predicted octanol–water partition coefficient (Wildman–Crippen LogP) is 2.58. The van der Waals surface area contributed by atoms with Crippen molar-refractivity contribution in [3.05, 3.63) is 34.1 Å². The number of nitrogens with two attached hydrogens (primary N) is 1. The first-order valence-corrected chi connectivity index (χ1v) is 3.46. The number of hydrogen-bond donors (Lipinski definition) is 1. The van der Waals surface area contributed by atoms with E-state index in [0.29, 0.717) is 11.4 Å². The van der Waals surface area contributed by atoms with E-state index in [1.807, 2.05) is 0 Å². The van der Waals surface area contributed by atoms with Gasteiger partial charge in [0.25, 0.3) is 0 Å². The maximum absolute atomic E-state index is 6.66. The van der Waals surface area contributed by atoms with Gasteiger partial charge in [0.15, 0.2) is 5.69 Å². The molecule has 2 nitrogen and oxygen atoms in total. The van der Waals surface area contributed by atoms with Crippen LogP contribution in [0.15, 0.2) is 22.7 Å². The fraction of sp³-hybridized carbons (Fsp3) is 0. The maximum atomic E-state index is 6.66. The molecule has 0 radical (unpaired) electrons. The first kappa shape index (κ1) is 7.10. The zero-order chi connectivity index (χ0) is 7.56. The van der Waals surface area contributed by atoms with Crippen molar-refractivity contribution in [2.24, 2.45) is 0 Å². The van der Waals surface area contributed by atoms with Crippen molar-refractivity contribution in [2.75, 3.05) is 5.73 Å². The molecule has 0 heterocycles. The molecule has 0 aliphatic carbocycles. The molecule has 0 fully saturated rings. The van der Waals surface area contributed by atoms with Crippen molar-refractivity contribution in [3.8, 4) is 0 Å². The van der Waals surface area contributed by atoms with Gasteiger partial charge in [0.1, 0.15) is 0 Å². The molecule has 0 saturated heterocycles. The number of hydrogen-bond acceptors (Lipinski definition) is 1. The van der Waals surface area contributed by atoms with Gasteiger partial charge in [0.2, 0.25) is 0 Å². The number of nitrogens with zero attached hydrogens (tertiary/aromatic N) is 1. The minimum Gasteiger partial charge on any atom is -0.399 e. The Labute approximate surface area is 67.6 Å². The van der Waals surface area contributed by atoms with E-state index in [0.717, 1.165) is 4.47 Å². The van der Waals surface area contributed by atoms with Gasteiger partial charge in [0, 0.05) is 10.2 Å². The third kappa shape index (κ3) is 1.28. The first-order chi connectivity index (χ1) is 4.74. The second-order valence-corrected chi connectivity index (χ2v) is 2.67. The SMILES string of the molecule is [C-]#[N+]c1ccc(Br)c(N)c1. The Morgan fingerprint density at radius 3 is 2.70 bits per heavy atom. The fourth-order valence-corrected chi connectivity index (χ4v) is 0.847. The summed E-state index contributed by atoms with van der Waals surface area (Å²) in [5, 5.41) is 0. The van der Waals surface area contributed by atoms with Crippen LogP contribution in [0.4, 0.5) is 11.4 Å².